The fraction of sp³-hybridized carbons (Fsp3) is 0.942. The monoisotopic (exact) mass is 1060 g/mol. The zero-order chi connectivity index (χ0) is 54.3. The molecule has 0 fully saturated rings. The summed E-state index contributed by atoms with van der Waals surface area (Å²) < 4.78 is 5.48. The lowest BCUT2D eigenvalue weighted by molar-refractivity contribution is -0.143. The van der Waals surface area contributed by atoms with Gasteiger partial charge >= 0.3 is 5.97 Å². The SMILES string of the molecule is CCCCC/C=C\CCCCCCCC(=O)OCCCCCCCCCCCCCCCCCCCCCCCCCCCCCCCCCCC(=O)NC(CO)C(O)CCCCCCCCCCCCCCCC. The van der Waals surface area contributed by atoms with Crippen molar-refractivity contribution in [3.05, 3.63) is 12.2 Å². The van der Waals surface area contributed by atoms with Crippen molar-refractivity contribution in [2.45, 2.75) is 405 Å². The molecule has 3 N–H and O–H groups in total. The summed E-state index contributed by atoms with van der Waals surface area (Å²) in [6.07, 6.45) is 79.8. The largest absolute Gasteiger partial charge is 0.466 e. The van der Waals surface area contributed by atoms with E-state index in [0.29, 0.717) is 25.9 Å². The highest BCUT2D eigenvalue weighted by molar-refractivity contribution is 5.76. The van der Waals surface area contributed by atoms with Gasteiger partial charge in [0, 0.05) is 12.8 Å². The summed E-state index contributed by atoms with van der Waals surface area (Å²) in [7, 11) is 0. The molecule has 0 saturated carbocycles. The highest BCUT2D eigenvalue weighted by atomic mass is 16.5. The molecule has 0 aromatic carbocycles. The summed E-state index contributed by atoms with van der Waals surface area (Å²) in [5, 5.41) is 23.3. The fourth-order valence-corrected chi connectivity index (χ4v) is 11.1. The molecule has 0 aliphatic rings. The zero-order valence-electron chi connectivity index (χ0n) is 51.1. The fourth-order valence-electron chi connectivity index (χ4n) is 11.1. The molecule has 446 valence electrons. The second-order valence-electron chi connectivity index (χ2n) is 23.9. The molecule has 0 heterocycles. The van der Waals surface area contributed by atoms with E-state index >= 15 is 0 Å². The van der Waals surface area contributed by atoms with Crippen LogP contribution in [-0.4, -0.2) is 47.4 Å². The smallest absolute Gasteiger partial charge is 0.305 e. The van der Waals surface area contributed by atoms with Crippen LogP contribution in [0.5, 0.6) is 0 Å². The molecule has 0 bridgehead atoms. The topological polar surface area (TPSA) is 95.9 Å². The van der Waals surface area contributed by atoms with E-state index in [0.717, 1.165) is 44.9 Å². The zero-order valence-corrected chi connectivity index (χ0v) is 51.1. The minimum Gasteiger partial charge on any atom is -0.466 e. The van der Waals surface area contributed by atoms with Crippen molar-refractivity contribution in [1.29, 1.82) is 0 Å². The Bertz CT molecular complexity index is 1130. The second kappa shape index (κ2) is 65.1. The van der Waals surface area contributed by atoms with Gasteiger partial charge in [-0.3, -0.25) is 9.59 Å². The molecule has 0 saturated heterocycles. The van der Waals surface area contributed by atoms with Gasteiger partial charge in [-0.25, -0.2) is 0 Å². The van der Waals surface area contributed by atoms with Crippen molar-refractivity contribution in [1.82, 2.24) is 5.32 Å². The third kappa shape index (κ3) is 61.7. The number of esters is 1. The van der Waals surface area contributed by atoms with E-state index in [2.05, 4.69) is 31.3 Å². The van der Waals surface area contributed by atoms with Crippen LogP contribution in [0, 0.1) is 0 Å². The van der Waals surface area contributed by atoms with Crippen LogP contribution in [-0.2, 0) is 14.3 Å². The molecule has 0 radical (unpaired) electrons. The van der Waals surface area contributed by atoms with Crippen molar-refractivity contribution < 1.29 is 24.5 Å². The first kappa shape index (κ1) is 73.6. The van der Waals surface area contributed by atoms with Gasteiger partial charge < -0.3 is 20.3 Å². The number of allylic oxidation sites excluding steroid dienone is 2. The minimum absolute atomic E-state index is 0.0117. The molecule has 6 heteroatoms. The Hall–Kier alpha value is -1.40. The van der Waals surface area contributed by atoms with E-state index in [9.17, 15) is 19.8 Å². The molecule has 0 rings (SSSR count). The molecule has 6 nitrogen and oxygen atoms in total. The quantitative estimate of drug-likeness (QED) is 0.0320. The highest BCUT2D eigenvalue weighted by Gasteiger charge is 2.20. The molecule has 0 aliphatic heterocycles. The van der Waals surface area contributed by atoms with Crippen molar-refractivity contribution >= 4 is 11.9 Å². The summed E-state index contributed by atoms with van der Waals surface area (Å²) in [5.41, 5.74) is 0. The van der Waals surface area contributed by atoms with Gasteiger partial charge in [0.2, 0.25) is 5.91 Å². The van der Waals surface area contributed by atoms with E-state index < -0.39 is 12.1 Å². The van der Waals surface area contributed by atoms with Crippen LogP contribution in [0.3, 0.4) is 0 Å². The van der Waals surface area contributed by atoms with Crippen LogP contribution in [0.1, 0.15) is 393 Å². The first-order chi connectivity index (χ1) is 37.0. The van der Waals surface area contributed by atoms with Gasteiger partial charge in [-0.2, -0.15) is 0 Å². The molecule has 0 aromatic heterocycles. The predicted octanol–water partition coefficient (Wildman–Crippen LogP) is 22.0. The summed E-state index contributed by atoms with van der Waals surface area (Å²) >= 11 is 0. The molecule has 0 spiro atoms. The van der Waals surface area contributed by atoms with Gasteiger partial charge in [-0.05, 0) is 51.4 Å². The first-order valence-electron chi connectivity index (χ1n) is 34.4. The molecule has 2 unspecified atom stereocenters. The number of amides is 1. The van der Waals surface area contributed by atoms with Gasteiger partial charge in [0.15, 0.2) is 0 Å². The van der Waals surface area contributed by atoms with Crippen LogP contribution in [0.2, 0.25) is 0 Å². The molecular formula is C69H135NO5. The Balaban J connectivity index is 3.31. The van der Waals surface area contributed by atoms with Gasteiger partial charge in [-0.1, -0.05) is 341 Å². The number of unbranched alkanes of at least 4 members (excludes halogenated alkanes) is 52. The Kier molecular flexibility index (Phi) is 63.9. The average Bonchev–Trinajstić information content (AvgIpc) is 3.41. The number of hydrogen-bond acceptors (Lipinski definition) is 5. The molecule has 1 amide bonds. The van der Waals surface area contributed by atoms with E-state index in [-0.39, 0.29) is 18.5 Å². The molecule has 75 heavy (non-hydrogen) atoms. The number of nitrogens with one attached hydrogen (secondary N) is 1. The Morgan fingerprint density at radius 2 is 0.627 bits per heavy atom. The number of carbonyl (C=O) groups excluding carboxylic acids is 2. The molecule has 2 atom stereocenters. The van der Waals surface area contributed by atoms with E-state index in [1.807, 2.05) is 0 Å². The molecule has 0 aliphatic carbocycles. The lowest BCUT2D eigenvalue weighted by Crippen LogP contribution is -2.45. The standard InChI is InChI=1S/C69H135NO5/c1-3-5-7-9-11-13-15-17-38-41-45-49-53-57-61-67(72)66(65-71)70-68(73)62-58-54-50-46-42-39-36-34-32-30-28-26-24-22-20-18-19-21-23-25-27-29-31-33-35-37-40-44-48-52-56-60-64-75-69(74)63-59-55-51-47-43-16-14-12-10-8-6-4-2/h12,14,66-67,71-72H,3-11,13,15-65H2,1-2H3,(H,70,73)/b14-12-. The number of aliphatic hydroxyl groups is 2. The third-order valence-electron chi connectivity index (χ3n) is 16.3. The number of ether oxygens (including phenoxy) is 1. The van der Waals surface area contributed by atoms with Gasteiger partial charge in [0.1, 0.15) is 0 Å². The summed E-state index contributed by atoms with van der Waals surface area (Å²) in [4.78, 5) is 24.5. The third-order valence-corrected chi connectivity index (χ3v) is 16.3. The van der Waals surface area contributed by atoms with Crippen LogP contribution in [0.4, 0.5) is 0 Å². The Morgan fingerprint density at radius 1 is 0.360 bits per heavy atom. The van der Waals surface area contributed by atoms with Crippen molar-refractivity contribution in [2.75, 3.05) is 13.2 Å². The summed E-state index contributed by atoms with van der Waals surface area (Å²) in [6.45, 7) is 4.96. The lowest BCUT2D eigenvalue weighted by Gasteiger charge is -2.22. The second-order valence-corrected chi connectivity index (χ2v) is 23.9. The number of hydrogen-bond donors (Lipinski definition) is 3. The van der Waals surface area contributed by atoms with E-state index in [1.165, 1.54) is 315 Å². The first-order valence-corrected chi connectivity index (χ1v) is 34.4. The Labute approximate surface area is 469 Å². The maximum atomic E-state index is 12.5. The van der Waals surface area contributed by atoms with Gasteiger partial charge in [0.25, 0.3) is 0 Å². The van der Waals surface area contributed by atoms with Gasteiger partial charge in [0.05, 0.1) is 25.4 Å². The predicted molar refractivity (Wildman–Crippen MR) is 329 cm³/mol. The van der Waals surface area contributed by atoms with Crippen molar-refractivity contribution in [3.63, 3.8) is 0 Å². The maximum Gasteiger partial charge on any atom is 0.305 e. The number of carbonyl (C=O) groups is 2. The Morgan fingerprint density at radius 3 is 0.973 bits per heavy atom. The normalized spacial score (nSPS) is 12.5. The van der Waals surface area contributed by atoms with Crippen LogP contribution in [0.25, 0.3) is 0 Å². The van der Waals surface area contributed by atoms with Crippen LogP contribution >= 0.6 is 0 Å². The summed E-state index contributed by atoms with van der Waals surface area (Å²) in [6, 6.07) is -0.536. The van der Waals surface area contributed by atoms with Crippen LogP contribution in [0.15, 0.2) is 12.2 Å². The van der Waals surface area contributed by atoms with Crippen molar-refractivity contribution in [2.24, 2.45) is 0 Å². The molecule has 0 aromatic rings. The number of aliphatic hydroxyl groups excluding tert-OH is 2. The number of rotatable bonds is 65. The van der Waals surface area contributed by atoms with Crippen molar-refractivity contribution in [3.8, 4) is 0 Å². The van der Waals surface area contributed by atoms with Gasteiger partial charge in [-0.15, -0.1) is 0 Å². The average molecular weight is 1060 g/mol. The van der Waals surface area contributed by atoms with E-state index in [4.69, 9.17) is 4.74 Å². The maximum absolute atomic E-state index is 12.5. The van der Waals surface area contributed by atoms with E-state index in [1.54, 1.807) is 0 Å². The summed E-state index contributed by atoms with van der Waals surface area (Å²) in [5.74, 6) is -0.0159. The molecular weight excluding hydrogens is 923 g/mol. The minimum atomic E-state index is -0.660. The van der Waals surface area contributed by atoms with Crippen LogP contribution < -0.4 is 5.32 Å². The highest BCUT2D eigenvalue weighted by Crippen LogP contribution is 2.19. The lowest BCUT2D eigenvalue weighted by atomic mass is 10.0.